The summed E-state index contributed by atoms with van der Waals surface area (Å²) in [5, 5.41) is 12.8. The minimum Gasteiger partial charge on any atom is -0.421 e. The number of nitrogens with zero attached hydrogens (tertiary/aromatic N) is 2. The van der Waals surface area contributed by atoms with Gasteiger partial charge >= 0.3 is 17.9 Å². The van der Waals surface area contributed by atoms with Crippen LogP contribution in [0.5, 0.6) is 0 Å². The summed E-state index contributed by atoms with van der Waals surface area (Å²) in [4.78, 5) is 26.1. The maximum Gasteiger partial charge on any atom is 0.451 e. The van der Waals surface area contributed by atoms with Gasteiger partial charge in [0.05, 0.1) is 3.79 Å². The summed E-state index contributed by atoms with van der Waals surface area (Å²) < 4.78 is 47.5. The predicted octanol–water partition coefficient (Wildman–Crippen LogP) is 4.83. The highest BCUT2D eigenvalue weighted by atomic mass is 79.9. The molecule has 28 heavy (non-hydrogen) atoms. The number of hydrogen-bond acceptors (Lipinski definition) is 6. The zero-order valence-corrected chi connectivity index (χ0v) is 16.7. The Morgan fingerprint density at radius 3 is 2.50 bits per heavy atom. The number of ether oxygens (including phenoxy) is 1. The first-order chi connectivity index (χ1) is 13.0. The van der Waals surface area contributed by atoms with Crippen molar-refractivity contribution in [2.75, 3.05) is 6.54 Å². The van der Waals surface area contributed by atoms with Gasteiger partial charge in [0.25, 0.3) is 0 Å². The van der Waals surface area contributed by atoms with Crippen LogP contribution >= 0.6 is 38.9 Å². The van der Waals surface area contributed by atoms with E-state index in [0.717, 1.165) is 11.3 Å². The van der Waals surface area contributed by atoms with E-state index in [1.165, 1.54) is 35.7 Å². The summed E-state index contributed by atoms with van der Waals surface area (Å²) in [6.07, 6.45) is -5.19. The zero-order chi connectivity index (χ0) is 20.7. The minimum absolute atomic E-state index is 0.0141. The second-order valence-electron chi connectivity index (χ2n) is 5.80. The Morgan fingerprint density at radius 2 is 2.00 bits per heavy atom. The fourth-order valence-corrected chi connectivity index (χ4v) is 4.15. The van der Waals surface area contributed by atoms with Crippen molar-refractivity contribution in [1.82, 2.24) is 0 Å². The molecule has 2 unspecified atom stereocenters. The molecule has 148 valence electrons. The van der Waals surface area contributed by atoms with E-state index in [1.54, 1.807) is 0 Å². The van der Waals surface area contributed by atoms with Gasteiger partial charge in [0, 0.05) is 15.5 Å². The lowest BCUT2D eigenvalue weighted by molar-refractivity contribution is -0.490. The third-order valence-corrected chi connectivity index (χ3v) is 5.81. The van der Waals surface area contributed by atoms with Crippen molar-refractivity contribution in [3.05, 3.63) is 65.8 Å². The van der Waals surface area contributed by atoms with Gasteiger partial charge < -0.3 is 4.74 Å². The topological polar surface area (TPSA) is 81.8 Å². The third kappa shape index (κ3) is 3.78. The van der Waals surface area contributed by atoms with Crippen molar-refractivity contribution in [2.24, 2.45) is 4.99 Å². The second kappa shape index (κ2) is 7.45. The van der Waals surface area contributed by atoms with Crippen LogP contribution in [0.2, 0.25) is 5.02 Å². The first-order valence-corrected chi connectivity index (χ1v) is 9.60. The number of alkyl halides is 3. The van der Waals surface area contributed by atoms with Gasteiger partial charge in [-0.05, 0) is 45.1 Å². The second-order valence-corrected chi connectivity index (χ2v) is 8.53. The number of benzene rings is 1. The molecule has 2 heterocycles. The van der Waals surface area contributed by atoms with Gasteiger partial charge in [-0.25, -0.2) is 9.79 Å². The van der Waals surface area contributed by atoms with Gasteiger partial charge in [-0.1, -0.05) is 23.7 Å². The van der Waals surface area contributed by atoms with Crippen molar-refractivity contribution >= 4 is 50.5 Å². The SMILES string of the molecule is O=C1OC(C(C[N+](=O)[O-])c2csc(Br)c2)(C(F)(F)F)N=C1c1ccc(Cl)cc1. The molecule has 0 radical (unpaired) electrons. The standard InChI is InChI=1S/C16H9BrClF3N2O4S/c17-12-5-9(7-28-12)11(6-23(25)26)15(16(19,20)21)22-13(14(24)27-15)8-1-3-10(18)4-2-8/h1-5,7,11H,6H2. The van der Waals surface area contributed by atoms with E-state index >= 15 is 0 Å². The molecule has 2 aromatic rings. The monoisotopic (exact) mass is 496 g/mol. The summed E-state index contributed by atoms with van der Waals surface area (Å²) >= 11 is 9.93. The maximum absolute atomic E-state index is 14.1. The van der Waals surface area contributed by atoms with Crippen LogP contribution in [0.3, 0.4) is 0 Å². The molecule has 1 aliphatic heterocycles. The normalized spacial score (nSPS) is 20.6. The van der Waals surface area contributed by atoms with Gasteiger partial charge in [-0.15, -0.1) is 11.3 Å². The molecule has 0 spiro atoms. The molecule has 0 amide bonds. The Morgan fingerprint density at radius 1 is 1.36 bits per heavy atom. The highest BCUT2D eigenvalue weighted by Crippen LogP contribution is 2.49. The number of thiophene rings is 1. The molecule has 12 heteroatoms. The van der Waals surface area contributed by atoms with Crippen LogP contribution in [0, 0.1) is 10.1 Å². The van der Waals surface area contributed by atoms with Gasteiger partial charge in [0.15, 0.2) is 5.71 Å². The molecule has 0 N–H and O–H groups in total. The fraction of sp³-hybridized carbons (Fsp3) is 0.250. The number of cyclic esters (lactones) is 1. The Hall–Kier alpha value is -1.98. The first-order valence-electron chi connectivity index (χ1n) is 7.55. The lowest BCUT2D eigenvalue weighted by Gasteiger charge is -2.32. The Bertz CT molecular complexity index is 964. The molecule has 3 rings (SSSR count). The number of nitro groups is 1. The zero-order valence-electron chi connectivity index (χ0n) is 13.6. The average molecular weight is 498 g/mol. The molecule has 2 atom stereocenters. The quantitative estimate of drug-likeness (QED) is 0.337. The van der Waals surface area contributed by atoms with E-state index in [9.17, 15) is 28.1 Å². The third-order valence-electron chi connectivity index (χ3n) is 4.04. The van der Waals surface area contributed by atoms with Crippen LogP contribution in [-0.4, -0.2) is 35.1 Å². The van der Waals surface area contributed by atoms with Crippen LogP contribution in [0.25, 0.3) is 0 Å². The Labute approximate surface area is 173 Å². The molecule has 0 bridgehead atoms. The van der Waals surface area contributed by atoms with Crippen molar-refractivity contribution in [1.29, 1.82) is 0 Å². The van der Waals surface area contributed by atoms with Crippen molar-refractivity contribution in [3.8, 4) is 0 Å². The summed E-state index contributed by atoms with van der Waals surface area (Å²) in [6.45, 7) is -1.13. The number of esters is 1. The van der Waals surface area contributed by atoms with Gasteiger partial charge in [-0.2, -0.15) is 13.2 Å². The lowest BCUT2D eigenvalue weighted by atomic mass is 9.89. The largest absolute Gasteiger partial charge is 0.451 e. The highest BCUT2D eigenvalue weighted by molar-refractivity contribution is 9.11. The van der Waals surface area contributed by atoms with Crippen molar-refractivity contribution in [3.63, 3.8) is 0 Å². The predicted molar refractivity (Wildman–Crippen MR) is 99.5 cm³/mol. The van der Waals surface area contributed by atoms with Gasteiger partial charge in [0.2, 0.25) is 6.54 Å². The van der Waals surface area contributed by atoms with E-state index in [0.29, 0.717) is 8.81 Å². The number of carbonyl (C=O) groups is 1. The highest BCUT2D eigenvalue weighted by Gasteiger charge is 2.68. The van der Waals surface area contributed by atoms with E-state index in [-0.39, 0.29) is 11.1 Å². The molecule has 0 saturated heterocycles. The average Bonchev–Trinajstić information content (AvgIpc) is 3.17. The number of halogens is 5. The number of rotatable bonds is 5. The molecule has 0 fully saturated rings. The molecule has 1 aliphatic rings. The van der Waals surface area contributed by atoms with Crippen LogP contribution in [0.1, 0.15) is 17.0 Å². The van der Waals surface area contributed by atoms with Crippen LogP contribution in [0.15, 0.2) is 44.5 Å². The molecule has 1 aromatic carbocycles. The van der Waals surface area contributed by atoms with Crippen LogP contribution in [0.4, 0.5) is 13.2 Å². The smallest absolute Gasteiger partial charge is 0.421 e. The van der Waals surface area contributed by atoms with Crippen molar-refractivity contribution in [2.45, 2.75) is 17.8 Å². The maximum atomic E-state index is 14.1. The molecule has 1 aromatic heterocycles. The summed E-state index contributed by atoms with van der Waals surface area (Å²) in [7, 11) is 0. The molecule has 6 nitrogen and oxygen atoms in total. The van der Waals surface area contributed by atoms with Gasteiger partial charge in [0.1, 0.15) is 5.92 Å². The van der Waals surface area contributed by atoms with Gasteiger partial charge in [-0.3, -0.25) is 10.1 Å². The van der Waals surface area contributed by atoms with E-state index in [1.807, 2.05) is 0 Å². The van der Waals surface area contributed by atoms with Crippen LogP contribution in [-0.2, 0) is 9.53 Å². The lowest BCUT2D eigenvalue weighted by Crippen LogP contribution is -2.51. The van der Waals surface area contributed by atoms with Crippen molar-refractivity contribution < 1.29 is 27.6 Å². The fourth-order valence-electron chi connectivity index (χ4n) is 2.79. The molecular formula is C16H9BrClF3N2O4S. The Balaban J connectivity index is 2.18. The molecule has 0 aliphatic carbocycles. The molecular weight excluding hydrogens is 489 g/mol. The Kier molecular flexibility index (Phi) is 5.52. The molecule has 0 saturated carbocycles. The summed E-state index contributed by atoms with van der Waals surface area (Å²) in [6, 6.07) is 6.71. The number of carbonyl (C=O) groups excluding carboxylic acids is 1. The first kappa shape index (κ1) is 20.7. The summed E-state index contributed by atoms with van der Waals surface area (Å²) in [5.41, 5.74) is -3.93. The van der Waals surface area contributed by atoms with E-state index in [4.69, 9.17) is 16.3 Å². The summed E-state index contributed by atoms with van der Waals surface area (Å²) in [5.74, 6) is -3.18. The minimum atomic E-state index is -5.19. The van der Waals surface area contributed by atoms with E-state index < -0.39 is 41.0 Å². The number of aliphatic imine (C=N–C) groups is 1. The van der Waals surface area contributed by atoms with Crippen LogP contribution < -0.4 is 0 Å². The van der Waals surface area contributed by atoms with E-state index in [2.05, 4.69) is 20.9 Å². The number of hydrogen-bond donors (Lipinski definition) is 0.